The number of hydrogen-bond donors (Lipinski definition) is 0. The molecule has 0 radical (unpaired) electrons. The van der Waals surface area contributed by atoms with E-state index in [1.54, 1.807) is 18.2 Å². The summed E-state index contributed by atoms with van der Waals surface area (Å²) in [6.45, 7) is 5.73. The summed E-state index contributed by atoms with van der Waals surface area (Å²) in [6.07, 6.45) is 43.3. The molecule has 4 nitrogen and oxygen atoms in total. The zero-order valence-corrected chi connectivity index (χ0v) is 32.3. The molecule has 0 spiro atoms. The number of pyridine rings is 1. The molecule has 0 atom stereocenters. The molecule has 0 amide bonds. The lowest BCUT2D eigenvalue weighted by atomic mass is 10.0. The van der Waals surface area contributed by atoms with Crippen molar-refractivity contribution in [3.05, 3.63) is 60.4 Å². The average molecular weight is 686 g/mol. The van der Waals surface area contributed by atoms with Gasteiger partial charge < -0.3 is 4.55 Å². The van der Waals surface area contributed by atoms with Crippen LogP contribution in [0.1, 0.15) is 199 Å². The Morgan fingerprint density at radius 3 is 1.21 bits per heavy atom. The fraction of sp³-hybridized carbons (Fsp3) is 0.744. The van der Waals surface area contributed by atoms with E-state index in [2.05, 4.69) is 49.0 Å². The highest BCUT2D eigenvalue weighted by Crippen LogP contribution is 2.19. The second kappa shape index (κ2) is 32.5. The molecule has 0 fully saturated rings. The fourth-order valence-corrected chi connectivity index (χ4v) is 7.27. The lowest BCUT2D eigenvalue weighted by molar-refractivity contribution is -0.697. The zero-order chi connectivity index (χ0) is 34.8. The molecule has 0 bridgehead atoms. The molecule has 2 aromatic rings. The van der Waals surface area contributed by atoms with Gasteiger partial charge in [0, 0.05) is 18.6 Å². The van der Waals surface area contributed by atoms with Gasteiger partial charge in [0.15, 0.2) is 12.4 Å². The highest BCUT2D eigenvalue weighted by molar-refractivity contribution is 7.85. The number of nitrogens with zero attached hydrogens (tertiary/aromatic N) is 1. The molecule has 276 valence electrons. The monoisotopic (exact) mass is 686 g/mol. The minimum Gasteiger partial charge on any atom is -0.744 e. The Morgan fingerprint density at radius 2 is 0.812 bits per heavy atom. The number of aromatic nitrogens is 1. The summed E-state index contributed by atoms with van der Waals surface area (Å²) in [5.74, 6) is 0. The summed E-state index contributed by atoms with van der Waals surface area (Å²) in [7, 11) is -4.35. The van der Waals surface area contributed by atoms with Gasteiger partial charge in [-0.25, -0.2) is 13.0 Å². The molecule has 2 rings (SSSR count). The van der Waals surface area contributed by atoms with Gasteiger partial charge in [-0.15, -0.1) is 0 Å². The average Bonchev–Trinajstić information content (AvgIpc) is 3.09. The first-order chi connectivity index (χ1) is 23.5. The van der Waals surface area contributed by atoms with Crippen molar-refractivity contribution >= 4 is 10.1 Å². The predicted octanol–water partition coefficient (Wildman–Crippen LogP) is 13.1. The van der Waals surface area contributed by atoms with E-state index in [1.165, 1.54) is 180 Å². The largest absolute Gasteiger partial charge is 0.744 e. The van der Waals surface area contributed by atoms with E-state index in [0.29, 0.717) is 12.0 Å². The van der Waals surface area contributed by atoms with E-state index >= 15 is 0 Å². The highest BCUT2D eigenvalue weighted by Gasteiger charge is 2.07. The van der Waals surface area contributed by atoms with Crippen molar-refractivity contribution in [3.63, 3.8) is 0 Å². The second-order valence-corrected chi connectivity index (χ2v) is 15.5. The van der Waals surface area contributed by atoms with E-state index in [4.69, 9.17) is 0 Å². The Morgan fingerprint density at radius 1 is 0.458 bits per heavy atom. The topological polar surface area (TPSA) is 61.1 Å². The molecule has 0 N–H and O–H groups in total. The lowest BCUT2D eigenvalue weighted by Crippen LogP contribution is -2.32. The third-order valence-corrected chi connectivity index (χ3v) is 10.5. The van der Waals surface area contributed by atoms with E-state index in [9.17, 15) is 13.0 Å². The van der Waals surface area contributed by atoms with Gasteiger partial charge in [0.05, 0.1) is 4.90 Å². The van der Waals surface area contributed by atoms with Crippen LogP contribution in [-0.4, -0.2) is 13.0 Å². The van der Waals surface area contributed by atoms with E-state index in [1.807, 2.05) is 0 Å². The molecular formula is C43H75NO3S. The van der Waals surface area contributed by atoms with Crippen molar-refractivity contribution in [2.24, 2.45) is 0 Å². The van der Waals surface area contributed by atoms with Crippen molar-refractivity contribution in [3.8, 4) is 0 Å². The highest BCUT2D eigenvalue weighted by atomic mass is 32.2. The number of rotatable bonds is 31. The van der Waals surface area contributed by atoms with Gasteiger partial charge in [-0.3, -0.25) is 0 Å². The van der Waals surface area contributed by atoms with Crippen molar-refractivity contribution in [1.82, 2.24) is 0 Å². The zero-order valence-electron chi connectivity index (χ0n) is 31.5. The Hall–Kier alpha value is -1.72. The molecule has 0 aliphatic heterocycles. The van der Waals surface area contributed by atoms with Crippen LogP contribution < -0.4 is 4.57 Å². The standard InChI is InChI=1S/C22H38O3S.C21H38N/c1-2-3-4-5-6-7-8-9-10-11-12-13-14-15-18-21-19-16-17-20-22(21)26(23,24)25;1-2-3-4-5-6-7-8-9-10-11-12-13-14-16-19-22-20-17-15-18-21-22/h16-17,19-20H,2-15,18H2,1H3,(H,23,24,25);15,17-18,20-21H,2-14,16,19H2,1H3/q;+1/p-1. The Kier molecular flexibility index (Phi) is 30.0. The van der Waals surface area contributed by atoms with Crippen molar-refractivity contribution < 1.29 is 17.5 Å². The summed E-state index contributed by atoms with van der Waals surface area (Å²) >= 11 is 0. The summed E-state index contributed by atoms with van der Waals surface area (Å²) < 4.78 is 36.0. The SMILES string of the molecule is CCCCCCCCCCCCCCCC[n+]1ccccc1.CCCCCCCCCCCCCCCCc1ccccc1S(=O)(=O)[O-]. The Bertz CT molecular complexity index is 1060. The quantitative estimate of drug-likeness (QED) is 0.0451. The Labute approximate surface area is 298 Å². The maximum absolute atomic E-state index is 11.2. The molecule has 1 aromatic carbocycles. The summed E-state index contributed by atoms with van der Waals surface area (Å²) in [5.41, 5.74) is 0.668. The van der Waals surface area contributed by atoms with Crippen LogP contribution in [0.25, 0.3) is 0 Å². The predicted molar refractivity (Wildman–Crippen MR) is 205 cm³/mol. The first-order valence-electron chi connectivity index (χ1n) is 20.5. The minimum atomic E-state index is -4.35. The van der Waals surface area contributed by atoms with Crippen LogP contribution in [0.2, 0.25) is 0 Å². The number of hydrogen-bond acceptors (Lipinski definition) is 3. The molecule has 1 heterocycles. The number of unbranched alkanes of at least 4 members (excludes halogenated alkanes) is 26. The van der Waals surface area contributed by atoms with Crippen molar-refractivity contribution in [2.75, 3.05) is 0 Å². The second-order valence-electron chi connectivity index (χ2n) is 14.1. The summed E-state index contributed by atoms with van der Waals surface area (Å²) in [6, 6.07) is 12.9. The molecule has 0 saturated heterocycles. The maximum atomic E-state index is 11.2. The smallest absolute Gasteiger partial charge is 0.168 e. The summed E-state index contributed by atoms with van der Waals surface area (Å²) in [4.78, 5) is -0.0466. The summed E-state index contributed by atoms with van der Waals surface area (Å²) in [5, 5.41) is 0. The van der Waals surface area contributed by atoms with Gasteiger partial charge in [0.2, 0.25) is 0 Å². The van der Waals surface area contributed by atoms with Crippen molar-refractivity contribution in [2.45, 2.75) is 211 Å². The first kappa shape index (κ1) is 44.3. The number of aryl methyl sites for hydroxylation is 2. The van der Waals surface area contributed by atoms with Crippen LogP contribution in [0.15, 0.2) is 59.8 Å². The van der Waals surface area contributed by atoms with Crippen LogP contribution in [-0.2, 0) is 23.1 Å². The molecule has 0 saturated carbocycles. The van der Waals surface area contributed by atoms with Gasteiger partial charge in [-0.2, -0.15) is 0 Å². The van der Waals surface area contributed by atoms with Gasteiger partial charge >= 0.3 is 0 Å². The van der Waals surface area contributed by atoms with Crippen LogP contribution >= 0.6 is 0 Å². The van der Waals surface area contributed by atoms with Gasteiger partial charge in [0.1, 0.15) is 16.7 Å². The van der Waals surface area contributed by atoms with E-state index in [0.717, 1.165) is 12.8 Å². The van der Waals surface area contributed by atoms with Gasteiger partial charge in [0.25, 0.3) is 0 Å². The molecular weight excluding hydrogens is 611 g/mol. The van der Waals surface area contributed by atoms with Crippen LogP contribution in [0.3, 0.4) is 0 Å². The number of benzene rings is 1. The molecule has 48 heavy (non-hydrogen) atoms. The Balaban J connectivity index is 0.000000487. The van der Waals surface area contributed by atoms with Gasteiger partial charge in [-0.05, 0) is 30.9 Å². The third kappa shape index (κ3) is 27.1. The molecule has 1 aromatic heterocycles. The van der Waals surface area contributed by atoms with Crippen LogP contribution in [0.4, 0.5) is 0 Å². The molecule has 0 aliphatic carbocycles. The van der Waals surface area contributed by atoms with Crippen molar-refractivity contribution in [1.29, 1.82) is 0 Å². The molecule has 0 unspecified atom stereocenters. The fourth-order valence-electron chi connectivity index (χ4n) is 6.54. The normalized spacial score (nSPS) is 11.4. The molecule has 0 aliphatic rings. The van der Waals surface area contributed by atoms with Gasteiger partial charge in [-0.1, -0.05) is 199 Å². The van der Waals surface area contributed by atoms with Crippen LogP contribution in [0.5, 0.6) is 0 Å². The lowest BCUT2D eigenvalue weighted by Gasteiger charge is -2.12. The van der Waals surface area contributed by atoms with Crippen LogP contribution in [0, 0.1) is 0 Å². The molecule has 5 heteroatoms. The minimum absolute atomic E-state index is 0.0466. The van der Waals surface area contributed by atoms with E-state index < -0.39 is 10.1 Å². The maximum Gasteiger partial charge on any atom is 0.168 e. The van der Waals surface area contributed by atoms with E-state index in [-0.39, 0.29) is 4.90 Å². The third-order valence-electron chi connectivity index (χ3n) is 9.59. The first-order valence-corrected chi connectivity index (χ1v) is 21.9.